The van der Waals surface area contributed by atoms with Gasteiger partial charge < -0.3 is 14.6 Å². The van der Waals surface area contributed by atoms with E-state index in [1.54, 1.807) is 6.20 Å². The molecule has 1 fully saturated rings. The number of pyridine rings is 1. The Morgan fingerprint density at radius 3 is 2.61 bits per heavy atom. The molecule has 1 aliphatic heterocycles. The molecule has 1 aromatic carbocycles. The number of aromatic nitrogens is 2. The van der Waals surface area contributed by atoms with Gasteiger partial charge in [-0.15, -0.1) is 11.3 Å². The Kier molecular flexibility index (Phi) is 5.96. The van der Waals surface area contributed by atoms with Crippen LogP contribution in [-0.4, -0.2) is 39.2 Å². The van der Waals surface area contributed by atoms with E-state index in [-0.39, 0.29) is 11.8 Å². The van der Waals surface area contributed by atoms with Crippen LogP contribution in [0.5, 0.6) is 0 Å². The van der Waals surface area contributed by atoms with Crippen LogP contribution in [-0.2, 0) is 6.54 Å². The van der Waals surface area contributed by atoms with Crippen molar-refractivity contribution in [2.45, 2.75) is 32.2 Å². The van der Waals surface area contributed by atoms with Gasteiger partial charge in [-0.2, -0.15) is 0 Å². The number of hydrogen-bond acceptors (Lipinski definition) is 4. The van der Waals surface area contributed by atoms with Gasteiger partial charge in [-0.05, 0) is 78.1 Å². The van der Waals surface area contributed by atoms with Crippen molar-refractivity contribution in [1.82, 2.24) is 19.6 Å². The molecule has 3 aromatic heterocycles. The number of nitrogens with one attached hydrogen (secondary N) is 1. The predicted octanol–water partition coefficient (Wildman–Crippen LogP) is 4.65. The van der Waals surface area contributed by atoms with Gasteiger partial charge >= 0.3 is 0 Å². The van der Waals surface area contributed by atoms with E-state index in [1.807, 2.05) is 64.3 Å². The Morgan fingerprint density at radius 2 is 1.88 bits per heavy atom. The zero-order valence-corrected chi connectivity index (χ0v) is 19.3. The van der Waals surface area contributed by atoms with E-state index in [4.69, 9.17) is 0 Å². The second kappa shape index (κ2) is 9.19. The van der Waals surface area contributed by atoms with Crippen LogP contribution >= 0.6 is 11.3 Å². The molecule has 6 nitrogen and oxygen atoms in total. The maximum Gasteiger partial charge on any atom is 0.264 e. The third kappa shape index (κ3) is 4.54. The summed E-state index contributed by atoms with van der Waals surface area (Å²) in [6.07, 6.45) is 7.48. The average Bonchev–Trinajstić information content (AvgIpc) is 3.50. The molecule has 33 heavy (non-hydrogen) atoms. The fraction of sp³-hybridized carbons (Fsp3) is 0.269. The molecule has 0 aliphatic carbocycles. The summed E-state index contributed by atoms with van der Waals surface area (Å²) in [7, 11) is 0. The lowest BCUT2D eigenvalue weighted by atomic mass is 9.89. The molecule has 7 heteroatoms. The van der Waals surface area contributed by atoms with Crippen molar-refractivity contribution in [3.63, 3.8) is 0 Å². The van der Waals surface area contributed by atoms with Crippen molar-refractivity contribution in [1.29, 1.82) is 0 Å². The minimum Gasteiger partial charge on any atom is -0.348 e. The number of rotatable bonds is 5. The van der Waals surface area contributed by atoms with E-state index < -0.39 is 0 Å². The first-order valence-corrected chi connectivity index (χ1v) is 12.1. The molecule has 2 amide bonds. The summed E-state index contributed by atoms with van der Waals surface area (Å²) in [4.78, 5) is 32.5. The van der Waals surface area contributed by atoms with Crippen LogP contribution in [0.25, 0.3) is 5.65 Å². The number of hydrogen-bond donors (Lipinski definition) is 1. The Hall–Kier alpha value is -3.45. The van der Waals surface area contributed by atoms with Crippen molar-refractivity contribution >= 4 is 28.8 Å². The largest absolute Gasteiger partial charge is 0.348 e. The molecule has 1 saturated heterocycles. The Morgan fingerprint density at radius 1 is 1.09 bits per heavy atom. The number of likely N-dealkylation sites (tertiary alicyclic amines) is 1. The van der Waals surface area contributed by atoms with Crippen LogP contribution < -0.4 is 5.32 Å². The lowest BCUT2D eigenvalue weighted by molar-refractivity contribution is 0.0717. The molecule has 5 rings (SSSR count). The SMILES string of the molecule is Cc1ccsc1C(=O)N1CCC(c2ccc(C(=O)NCc3ccn4ccnc4c3)cc2)CC1. The van der Waals surface area contributed by atoms with Crippen LogP contribution in [0.15, 0.2) is 66.4 Å². The molecule has 1 N–H and O–H groups in total. The molecule has 0 spiro atoms. The third-order valence-corrected chi connectivity index (χ3v) is 7.40. The fourth-order valence-corrected chi connectivity index (χ4v) is 5.30. The summed E-state index contributed by atoms with van der Waals surface area (Å²) in [5.41, 5.74) is 4.82. The number of nitrogens with zero attached hydrogens (tertiary/aromatic N) is 3. The van der Waals surface area contributed by atoms with Crippen molar-refractivity contribution < 1.29 is 9.59 Å². The number of amides is 2. The van der Waals surface area contributed by atoms with Gasteiger partial charge in [-0.1, -0.05) is 12.1 Å². The molecule has 4 aromatic rings. The van der Waals surface area contributed by atoms with Crippen molar-refractivity contribution in [2.75, 3.05) is 13.1 Å². The number of fused-ring (bicyclic) bond motifs is 1. The van der Waals surface area contributed by atoms with Crippen molar-refractivity contribution in [2.24, 2.45) is 0 Å². The first kappa shape index (κ1) is 21.4. The van der Waals surface area contributed by atoms with E-state index >= 15 is 0 Å². The molecule has 168 valence electrons. The lowest BCUT2D eigenvalue weighted by Gasteiger charge is -2.32. The number of benzene rings is 1. The quantitative estimate of drug-likeness (QED) is 0.473. The second-order valence-corrected chi connectivity index (χ2v) is 9.45. The number of imidazole rings is 1. The van der Waals surface area contributed by atoms with Gasteiger partial charge in [0.15, 0.2) is 0 Å². The van der Waals surface area contributed by atoms with Crippen LogP contribution in [0.3, 0.4) is 0 Å². The van der Waals surface area contributed by atoms with E-state index in [0.717, 1.165) is 47.6 Å². The Bertz CT molecular complexity index is 1280. The number of thiophene rings is 1. The normalized spacial score (nSPS) is 14.5. The standard InChI is InChI=1S/C26H26N4O2S/c1-18-9-15-33-24(18)26(32)30-12-7-21(8-13-30)20-2-4-22(5-3-20)25(31)28-17-19-6-11-29-14-10-27-23(29)16-19/h2-6,9-11,14-16,21H,7-8,12-13,17H2,1H3,(H,28,31). The van der Waals surface area contributed by atoms with Crippen LogP contribution in [0.1, 0.15) is 55.5 Å². The molecule has 0 bridgehead atoms. The van der Waals surface area contributed by atoms with Crippen LogP contribution in [0.2, 0.25) is 0 Å². The van der Waals surface area contributed by atoms with E-state index in [0.29, 0.717) is 18.0 Å². The summed E-state index contributed by atoms with van der Waals surface area (Å²) in [6, 6.07) is 13.9. The molecule has 0 atom stereocenters. The maximum atomic E-state index is 12.7. The first-order valence-electron chi connectivity index (χ1n) is 11.2. The van der Waals surface area contributed by atoms with Gasteiger partial charge in [0.2, 0.25) is 0 Å². The zero-order valence-electron chi connectivity index (χ0n) is 18.5. The highest BCUT2D eigenvalue weighted by Gasteiger charge is 2.26. The van der Waals surface area contributed by atoms with Gasteiger partial charge in [0.25, 0.3) is 11.8 Å². The first-order chi connectivity index (χ1) is 16.1. The van der Waals surface area contributed by atoms with Crippen LogP contribution in [0, 0.1) is 6.92 Å². The number of piperidine rings is 1. The molecule has 1 aliphatic rings. The number of carbonyl (C=O) groups is 2. The fourth-order valence-electron chi connectivity index (χ4n) is 4.40. The number of carbonyl (C=O) groups excluding carboxylic acids is 2. The second-order valence-electron chi connectivity index (χ2n) is 8.53. The number of aryl methyl sites for hydroxylation is 1. The van der Waals surface area contributed by atoms with E-state index in [2.05, 4.69) is 22.4 Å². The third-order valence-electron chi connectivity index (χ3n) is 6.40. The van der Waals surface area contributed by atoms with Crippen molar-refractivity contribution in [3.8, 4) is 0 Å². The van der Waals surface area contributed by atoms with Gasteiger partial charge in [0.05, 0.1) is 4.88 Å². The highest BCUT2D eigenvalue weighted by molar-refractivity contribution is 7.12. The smallest absolute Gasteiger partial charge is 0.264 e. The zero-order chi connectivity index (χ0) is 22.8. The maximum absolute atomic E-state index is 12.7. The lowest BCUT2D eigenvalue weighted by Crippen LogP contribution is -2.37. The van der Waals surface area contributed by atoms with Crippen LogP contribution in [0.4, 0.5) is 0 Å². The molecule has 0 unspecified atom stereocenters. The van der Waals surface area contributed by atoms with Gasteiger partial charge in [-0.3, -0.25) is 9.59 Å². The topological polar surface area (TPSA) is 66.7 Å². The molecule has 4 heterocycles. The van der Waals surface area contributed by atoms with Gasteiger partial charge in [0.1, 0.15) is 5.65 Å². The van der Waals surface area contributed by atoms with Gasteiger partial charge in [-0.25, -0.2) is 4.98 Å². The molecular weight excluding hydrogens is 432 g/mol. The molecular formula is C26H26N4O2S. The van der Waals surface area contributed by atoms with Gasteiger partial charge in [0, 0.05) is 43.8 Å². The molecule has 0 radical (unpaired) electrons. The highest BCUT2D eigenvalue weighted by atomic mass is 32.1. The predicted molar refractivity (Wildman–Crippen MR) is 130 cm³/mol. The van der Waals surface area contributed by atoms with E-state index in [1.165, 1.54) is 16.9 Å². The minimum absolute atomic E-state index is 0.0866. The average molecular weight is 459 g/mol. The summed E-state index contributed by atoms with van der Waals surface area (Å²) < 4.78 is 1.94. The molecule has 0 saturated carbocycles. The highest BCUT2D eigenvalue weighted by Crippen LogP contribution is 2.30. The van der Waals surface area contributed by atoms with Crippen molar-refractivity contribution in [3.05, 3.63) is 93.6 Å². The summed E-state index contributed by atoms with van der Waals surface area (Å²) in [6.45, 7) is 3.99. The summed E-state index contributed by atoms with van der Waals surface area (Å²) in [5, 5.41) is 4.97. The van der Waals surface area contributed by atoms with E-state index in [9.17, 15) is 9.59 Å². The monoisotopic (exact) mass is 458 g/mol. The Labute approximate surface area is 196 Å². The minimum atomic E-state index is -0.0866. The summed E-state index contributed by atoms with van der Waals surface area (Å²) in [5.74, 6) is 0.480. The summed E-state index contributed by atoms with van der Waals surface area (Å²) >= 11 is 1.52. The Balaban J connectivity index is 1.15.